The van der Waals surface area contributed by atoms with Crippen molar-refractivity contribution in [2.45, 2.75) is 45.2 Å². The van der Waals surface area contributed by atoms with Crippen LogP contribution in [0.2, 0.25) is 0 Å². The van der Waals surface area contributed by atoms with Gasteiger partial charge < -0.3 is 14.6 Å². The standard InChI is InChI=1S/C18H22N2O2/c1-11-4-3-5-15-12(2)17(22-16(11)15)18(21)20-13-6-7-14(20)10-19-9-8-13/h3-5,13-14,19H,6-10H2,1-2H3. The fourth-order valence-corrected chi connectivity index (χ4v) is 4.02. The van der Waals surface area contributed by atoms with Gasteiger partial charge in [0, 0.05) is 29.6 Å². The zero-order chi connectivity index (χ0) is 15.3. The van der Waals surface area contributed by atoms with Crippen molar-refractivity contribution in [1.82, 2.24) is 10.2 Å². The third-order valence-electron chi connectivity index (χ3n) is 5.24. The molecule has 22 heavy (non-hydrogen) atoms. The lowest BCUT2D eigenvalue weighted by Gasteiger charge is -2.27. The molecule has 116 valence electrons. The number of carbonyl (C=O) groups excluding carboxylic acids is 1. The van der Waals surface area contributed by atoms with Gasteiger partial charge in [-0.25, -0.2) is 0 Å². The molecule has 2 aliphatic rings. The largest absolute Gasteiger partial charge is 0.450 e. The lowest BCUT2D eigenvalue weighted by molar-refractivity contribution is 0.0649. The Morgan fingerprint density at radius 3 is 2.86 bits per heavy atom. The molecule has 2 atom stereocenters. The second kappa shape index (κ2) is 5.13. The summed E-state index contributed by atoms with van der Waals surface area (Å²) in [6.07, 6.45) is 3.26. The number of fused-ring (bicyclic) bond motifs is 3. The van der Waals surface area contributed by atoms with E-state index in [9.17, 15) is 4.79 Å². The van der Waals surface area contributed by atoms with Crippen LogP contribution in [0.25, 0.3) is 11.0 Å². The van der Waals surface area contributed by atoms with Crippen LogP contribution in [0.5, 0.6) is 0 Å². The number of nitrogens with zero attached hydrogens (tertiary/aromatic N) is 1. The second-order valence-corrected chi connectivity index (χ2v) is 6.60. The highest BCUT2D eigenvalue weighted by molar-refractivity contribution is 6.00. The fraction of sp³-hybridized carbons (Fsp3) is 0.500. The van der Waals surface area contributed by atoms with E-state index in [1.807, 2.05) is 32.0 Å². The summed E-state index contributed by atoms with van der Waals surface area (Å²) in [5.74, 6) is 0.604. The molecule has 4 nitrogen and oxygen atoms in total. The first kappa shape index (κ1) is 13.8. The van der Waals surface area contributed by atoms with Crippen molar-refractivity contribution in [2.75, 3.05) is 13.1 Å². The van der Waals surface area contributed by atoms with Gasteiger partial charge in [-0.05, 0) is 45.2 Å². The molecule has 2 aromatic rings. The molecule has 2 saturated heterocycles. The molecule has 1 aromatic heterocycles. The predicted octanol–water partition coefficient (Wildman–Crippen LogP) is 3.02. The number of amides is 1. The highest BCUT2D eigenvalue weighted by Crippen LogP contribution is 2.33. The molecule has 1 aromatic carbocycles. The molecule has 2 bridgehead atoms. The maximum absolute atomic E-state index is 13.1. The van der Waals surface area contributed by atoms with Gasteiger partial charge in [0.2, 0.25) is 0 Å². The number of aryl methyl sites for hydroxylation is 2. The summed E-state index contributed by atoms with van der Waals surface area (Å²) in [5, 5.41) is 4.50. The monoisotopic (exact) mass is 298 g/mol. The van der Waals surface area contributed by atoms with Crippen LogP contribution in [0.3, 0.4) is 0 Å². The molecule has 0 radical (unpaired) electrons. The van der Waals surface area contributed by atoms with Crippen molar-refractivity contribution in [3.8, 4) is 0 Å². The zero-order valence-electron chi connectivity index (χ0n) is 13.2. The molecule has 1 amide bonds. The van der Waals surface area contributed by atoms with Gasteiger partial charge >= 0.3 is 0 Å². The number of furan rings is 1. The van der Waals surface area contributed by atoms with Crippen molar-refractivity contribution in [3.63, 3.8) is 0 Å². The Hall–Kier alpha value is -1.81. The molecule has 0 saturated carbocycles. The molecule has 2 aliphatic heterocycles. The molecule has 2 fully saturated rings. The first-order valence-electron chi connectivity index (χ1n) is 8.19. The second-order valence-electron chi connectivity index (χ2n) is 6.60. The lowest BCUT2D eigenvalue weighted by Crippen LogP contribution is -2.42. The third kappa shape index (κ3) is 1.97. The summed E-state index contributed by atoms with van der Waals surface area (Å²) in [5.41, 5.74) is 2.91. The smallest absolute Gasteiger partial charge is 0.290 e. The van der Waals surface area contributed by atoms with E-state index < -0.39 is 0 Å². The van der Waals surface area contributed by atoms with Crippen LogP contribution in [0.4, 0.5) is 0 Å². The average molecular weight is 298 g/mol. The number of benzene rings is 1. The quantitative estimate of drug-likeness (QED) is 0.880. The summed E-state index contributed by atoms with van der Waals surface area (Å²) in [4.78, 5) is 15.2. The number of carbonyl (C=O) groups is 1. The highest BCUT2D eigenvalue weighted by Gasteiger charge is 2.40. The molecule has 4 rings (SSSR count). The number of rotatable bonds is 1. The maximum atomic E-state index is 13.1. The summed E-state index contributed by atoms with van der Waals surface area (Å²) in [6, 6.07) is 6.76. The zero-order valence-corrected chi connectivity index (χ0v) is 13.2. The normalized spacial score (nSPS) is 24.7. The Kier molecular flexibility index (Phi) is 3.22. The van der Waals surface area contributed by atoms with Crippen molar-refractivity contribution in [1.29, 1.82) is 0 Å². The average Bonchev–Trinajstić information content (AvgIpc) is 2.96. The Labute approximate surface area is 130 Å². The minimum Gasteiger partial charge on any atom is -0.450 e. The van der Waals surface area contributed by atoms with E-state index >= 15 is 0 Å². The molecule has 3 heterocycles. The Morgan fingerprint density at radius 1 is 1.23 bits per heavy atom. The predicted molar refractivity (Wildman–Crippen MR) is 86.2 cm³/mol. The minimum atomic E-state index is 0.0734. The van der Waals surface area contributed by atoms with Crippen LogP contribution in [0.1, 0.15) is 40.9 Å². The Bertz CT molecular complexity index is 720. The van der Waals surface area contributed by atoms with E-state index in [1.54, 1.807) is 0 Å². The van der Waals surface area contributed by atoms with E-state index in [-0.39, 0.29) is 5.91 Å². The SMILES string of the molecule is Cc1c(C(=O)N2C3CCNCC2CC3)oc2c(C)cccc12. The number of para-hydroxylation sites is 1. The number of hydrogen-bond acceptors (Lipinski definition) is 3. The van der Waals surface area contributed by atoms with Gasteiger partial charge in [0.05, 0.1) is 0 Å². The van der Waals surface area contributed by atoms with E-state index in [0.717, 1.165) is 54.4 Å². The summed E-state index contributed by atoms with van der Waals surface area (Å²) < 4.78 is 6.00. The van der Waals surface area contributed by atoms with Gasteiger partial charge in [-0.1, -0.05) is 18.2 Å². The van der Waals surface area contributed by atoms with Crippen LogP contribution >= 0.6 is 0 Å². The van der Waals surface area contributed by atoms with Crippen LogP contribution in [-0.4, -0.2) is 36.0 Å². The van der Waals surface area contributed by atoms with E-state index in [1.165, 1.54) is 0 Å². The third-order valence-corrected chi connectivity index (χ3v) is 5.24. The van der Waals surface area contributed by atoms with Crippen LogP contribution in [0, 0.1) is 13.8 Å². The van der Waals surface area contributed by atoms with Gasteiger partial charge in [0.25, 0.3) is 5.91 Å². The van der Waals surface area contributed by atoms with E-state index in [0.29, 0.717) is 17.8 Å². The Morgan fingerprint density at radius 2 is 2.05 bits per heavy atom. The molecule has 1 N–H and O–H groups in total. The number of nitrogens with one attached hydrogen (secondary N) is 1. The number of hydrogen-bond donors (Lipinski definition) is 1. The lowest BCUT2D eigenvalue weighted by atomic mass is 10.1. The van der Waals surface area contributed by atoms with Gasteiger partial charge in [-0.3, -0.25) is 4.79 Å². The van der Waals surface area contributed by atoms with Gasteiger partial charge in [0.15, 0.2) is 5.76 Å². The fourth-order valence-electron chi connectivity index (χ4n) is 4.02. The summed E-state index contributed by atoms with van der Waals surface area (Å²) >= 11 is 0. The summed E-state index contributed by atoms with van der Waals surface area (Å²) in [6.45, 7) is 5.93. The van der Waals surface area contributed by atoms with E-state index in [2.05, 4.69) is 10.2 Å². The van der Waals surface area contributed by atoms with Crippen molar-refractivity contribution >= 4 is 16.9 Å². The minimum absolute atomic E-state index is 0.0734. The van der Waals surface area contributed by atoms with Gasteiger partial charge in [-0.15, -0.1) is 0 Å². The Balaban J connectivity index is 1.77. The highest BCUT2D eigenvalue weighted by atomic mass is 16.3. The molecular weight excluding hydrogens is 276 g/mol. The van der Waals surface area contributed by atoms with Gasteiger partial charge in [-0.2, -0.15) is 0 Å². The van der Waals surface area contributed by atoms with Crippen LogP contribution in [0.15, 0.2) is 22.6 Å². The van der Waals surface area contributed by atoms with E-state index in [4.69, 9.17) is 4.42 Å². The van der Waals surface area contributed by atoms with Crippen LogP contribution < -0.4 is 5.32 Å². The van der Waals surface area contributed by atoms with Crippen molar-refractivity contribution in [3.05, 3.63) is 35.1 Å². The van der Waals surface area contributed by atoms with Crippen molar-refractivity contribution in [2.24, 2.45) is 0 Å². The van der Waals surface area contributed by atoms with Crippen molar-refractivity contribution < 1.29 is 9.21 Å². The molecule has 4 heteroatoms. The maximum Gasteiger partial charge on any atom is 0.290 e. The first-order valence-corrected chi connectivity index (χ1v) is 8.19. The molecule has 0 aliphatic carbocycles. The topological polar surface area (TPSA) is 45.5 Å². The molecular formula is C18H22N2O2. The summed E-state index contributed by atoms with van der Waals surface area (Å²) in [7, 11) is 0. The molecule has 0 spiro atoms. The first-order chi connectivity index (χ1) is 10.7. The molecule has 2 unspecified atom stereocenters. The van der Waals surface area contributed by atoms with Gasteiger partial charge in [0.1, 0.15) is 5.58 Å². The van der Waals surface area contributed by atoms with Crippen LogP contribution in [-0.2, 0) is 0 Å².